The van der Waals surface area contributed by atoms with Gasteiger partial charge < -0.3 is 4.42 Å². The summed E-state index contributed by atoms with van der Waals surface area (Å²) in [5, 5.41) is 1.15. The highest BCUT2D eigenvalue weighted by atomic mass is 32.2. The van der Waals surface area contributed by atoms with Crippen LogP contribution in [0.5, 0.6) is 0 Å². The van der Waals surface area contributed by atoms with Crippen LogP contribution in [-0.4, -0.2) is 19.5 Å². The highest BCUT2D eigenvalue weighted by Gasteiger charge is 2.15. The molecule has 0 unspecified atom stereocenters. The van der Waals surface area contributed by atoms with Crippen molar-refractivity contribution < 1.29 is 4.42 Å². The van der Waals surface area contributed by atoms with E-state index in [2.05, 4.69) is 9.97 Å². The first kappa shape index (κ1) is 18.3. The molecule has 0 atom stereocenters. The number of oxazole rings is 1. The van der Waals surface area contributed by atoms with E-state index < -0.39 is 0 Å². The summed E-state index contributed by atoms with van der Waals surface area (Å²) in [5.41, 5.74) is 2.91. The Morgan fingerprint density at radius 2 is 1.77 bits per heavy atom. The number of para-hydroxylation sites is 1. The lowest BCUT2D eigenvalue weighted by Gasteiger charge is -2.12. The second-order valence-corrected chi connectivity index (χ2v) is 7.50. The molecule has 0 fully saturated rings. The zero-order chi connectivity index (χ0) is 20.3. The SMILES string of the molecule is O=c1c2ccccc2nc(SCc2coc(-c3ccccc3)n2)n1-c1cccnc1. The molecule has 0 amide bonds. The van der Waals surface area contributed by atoms with Crippen molar-refractivity contribution in [3.05, 3.63) is 101 Å². The molecule has 5 rings (SSSR count). The Kier molecular flexibility index (Phi) is 4.86. The molecule has 0 N–H and O–H groups in total. The van der Waals surface area contributed by atoms with Crippen LogP contribution in [0.1, 0.15) is 5.69 Å². The largest absolute Gasteiger partial charge is 0.444 e. The molecule has 30 heavy (non-hydrogen) atoms. The molecule has 0 aliphatic heterocycles. The van der Waals surface area contributed by atoms with Crippen molar-refractivity contribution in [2.24, 2.45) is 0 Å². The molecule has 3 heterocycles. The maximum absolute atomic E-state index is 13.2. The second-order valence-electron chi connectivity index (χ2n) is 6.56. The minimum Gasteiger partial charge on any atom is -0.444 e. The zero-order valence-electron chi connectivity index (χ0n) is 15.8. The molecule has 0 radical (unpaired) electrons. The number of aromatic nitrogens is 4. The van der Waals surface area contributed by atoms with Crippen LogP contribution >= 0.6 is 11.8 Å². The smallest absolute Gasteiger partial charge is 0.266 e. The molecule has 0 saturated heterocycles. The van der Waals surface area contributed by atoms with E-state index in [9.17, 15) is 4.79 Å². The Balaban J connectivity index is 1.51. The molecule has 0 aliphatic carbocycles. The molecule has 6 nitrogen and oxygen atoms in total. The maximum Gasteiger partial charge on any atom is 0.266 e. The van der Waals surface area contributed by atoms with Gasteiger partial charge in [-0.05, 0) is 36.4 Å². The Bertz CT molecular complexity index is 1360. The third kappa shape index (κ3) is 3.51. The normalized spacial score (nSPS) is 11.1. The summed E-state index contributed by atoms with van der Waals surface area (Å²) in [4.78, 5) is 26.7. The summed E-state index contributed by atoms with van der Waals surface area (Å²) in [6, 6.07) is 20.7. The van der Waals surface area contributed by atoms with Gasteiger partial charge in [-0.15, -0.1) is 0 Å². The summed E-state index contributed by atoms with van der Waals surface area (Å²) >= 11 is 1.43. The van der Waals surface area contributed by atoms with Crippen LogP contribution in [0.4, 0.5) is 0 Å². The van der Waals surface area contributed by atoms with Gasteiger partial charge in [0.25, 0.3) is 5.56 Å². The fourth-order valence-corrected chi connectivity index (χ4v) is 4.04. The fraction of sp³-hybridized carbons (Fsp3) is 0.0435. The second kappa shape index (κ2) is 7.96. The van der Waals surface area contributed by atoms with Gasteiger partial charge in [0.1, 0.15) is 6.26 Å². The van der Waals surface area contributed by atoms with Gasteiger partial charge in [0.15, 0.2) is 5.16 Å². The predicted molar refractivity (Wildman–Crippen MR) is 117 cm³/mol. The van der Waals surface area contributed by atoms with Gasteiger partial charge in [0, 0.05) is 17.5 Å². The Labute approximate surface area is 176 Å². The monoisotopic (exact) mass is 412 g/mol. The summed E-state index contributed by atoms with van der Waals surface area (Å²) in [6.45, 7) is 0. The van der Waals surface area contributed by atoms with Crippen molar-refractivity contribution >= 4 is 22.7 Å². The highest BCUT2D eigenvalue weighted by Crippen LogP contribution is 2.26. The van der Waals surface area contributed by atoms with Crippen molar-refractivity contribution in [3.8, 4) is 17.1 Å². The van der Waals surface area contributed by atoms with E-state index in [0.717, 1.165) is 11.3 Å². The van der Waals surface area contributed by atoms with Crippen molar-refractivity contribution in [1.29, 1.82) is 0 Å². The summed E-state index contributed by atoms with van der Waals surface area (Å²) in [5.74, 6) is 1.09. The molecule has 0 aliphatic rings. The van der Waals surface area contributed by atoms with Crippen molar-refractivity contribution in [3.63, 3.8) is 0 Å². The minimum atomic E-state index is -0.124. The van der Waals surface area contributed by atoms with Gasteiger partial charge in [-0.1, -0.05) is 42.1 Å². The van der Waals surface area contributed by atoms with Crippen LogP contribution < -0.4 is 5.56 Å². The van der Waals surface area contributed by atoms with E-state index in [1.165, 1.54) is 11.8 Å². The molecular weight excluding hydrogens is 396 g/mol. The van der Waals surface area contributed by atoms with Crippen LogP contribution in [0.2, 0.25) is 0 Å². The number of rotatable bonds is 5. The van der Waals surface area contributed by atoms with Crippen LogP contribution in [0.15, 0.2) is 99.8 Å². The van der Waals surface area contributed by atoms with Crippen molar-refractivity contribution in [2.75, 3.05) is 0 Å². The summed E-state index contributed by atoms with van der Waals surface area (Å²) in [6.07, 6.45) is 4.98. The third-order valence-electron chi connectivity index (χ3n) is 4.57. The van der Waals surface area contributed by atoms with Gasteiger partial charge in [0.2, 0.25) is 5.89 Å². The number of fused-ring (bicyclic) bond motifs is 1. The molecule has 0 bridgehead atoms. The van der Waals surface area contributed by atoms with Gasteiger partial charge in [0.05, 0.1) is 28.5 Å². The fourth-order valence-electron chi connectivity index (χ4n) is 3.15. The van der Waals surface area contributed by atoms with Crippen LogP contribution in [0, 0.1) is 0 Å². The standard InChI is InChI=1S/C23H16N4O2S/c28-22-19-10-4-5-11-20(19)26-23(27(22)18-9-6-12-24-13-18)30-15-17-14-29-21(25-17)16-7-2-1-3-8-16/h1-14H,15H2. The maximum atomic E-state index is 13.2. The van der Waals surface area contributed by atoms with E-state index in [-0.39, 0.29) is 5.56 Å². The first-order valence-corrected chi connectivity index (χ1v) is 10.3. The minimum absolute atomic E-state index is 0.124. The summed E-state index contributed by atoms with van der Waals surface area (Å²) < 4.78 is 7.22. The van der Waals surface area contributed by atoms with E-state index in [0.29, 0.717) is 33.4 Å². The average molecular weight is 412 g/mol. The Hall–Kier alpha value is -3.71. The van der Waals surface area contributed by atoms with Crippen LogP contribution in [0.3, 0.4) is 0 Å². The molecule has 5 aromatic rings. The van der Waals surface area contributed by atoms with E-state index in [1.807, 2.05) is 54.6 Å². The van der Waals surface area contributed by atoms with Crippen molar-refractivity contribution in [1.82, 2.24) is 19.5 Å². The number of thioether (sulfide) groups is 1. The molecule has 0 saturated carbocycles. The number of nitrogens with zero attached hydrogens (tertiary/aromatic N) is 4. The highest BCUT2D eigenvalue weighted by molar-refractivity contribution is 7.98. The predicted octanol–water partition coefficient (Wildman–Crippen LogP) is 4.73. The lowest BCUT2D eigenvalue weighted by Crippen LogP contribution is -2.21. The van der Waals surface area contributed by atoms with Crippen LogP contribution in [0.25, 0.3) is 28.0 Å². The zero-order valence-corrected chi connectivity index (χ0v) is 16.6. The van der Waals surface area contributed by atoms with E-state index in [4.69, 9.17) is 9.40 Å². The molecular formula is C23H16N4O2S. The van der Waals surface area contributed by atoms with Gasteiger partial charge in [-0.2, -0.15) is 0 Å². The Morgan fingerprint density at radius 1 is 0.933 bits per heavy atom. The molecule has 0 spiro atoms. The topological polar surface area (TPSA) is 73.8 Å². The van der Waals surface area contributed by atoms with Crippen LogP contribution in [-0.2, 0) is 5.75 Å². The molecule has 3 aromatic heterocycles. The number of hydrogen-bond acceptors (Lipinski definition) is 6. The first-order chi connectivity index (χ1) is 14.8. The van der Waals surface area contributed by atoms with Gasteiger partial charge in [-0.3, -0.25) is 14.3 Å². The first-order valence-electron chi connectivity index (χ1n) is 9.34. The number of benzene rings is 2. The van der Waals surface area contributed by atoms with E-state index >= 15 is 0 Å². The molecule has 2 aromatic carbocycles. The number of hydrogen-bond donors (Lipinski definition) is 0. The average Bonchev–Trinajstić information content (AvgIpc) is 3.28. The molecule has 7 heteroatoms. The number of pyridine rings is 1. The van der Waals surface area contributed by atoms with Crippen molar-refractivity contribution in [2.45, 2.75) is 10.9 Å². The third-order valence-corrected chi connectivity index (χ3v) is 5.54. The summed E-state index contributed by atoms with van der Waals surface area (Å²) in [7, 11) is 0. The quantitative estimate of drug-likeness (QED) is 0.307. The van der Waals surface area contributed by atoms with E-state index in [1.54, 1.807) is 35.4 Å². The van der Waals surface area contributed by atoms with Gasteiger partial charge >= 0.3 is 0 Å². The lowest BCUT2D eigenvalue weighted by molar-refractivity contribution is 0.573. The molecule has 146 valence electrons. The Morgan fingerprint density at radius 3 is 2.60 bits per heavy atom. The van der Waals surface area contributed by atoms with Gasteiger partial charge in [-0.25, -0.2) is 9.97 Å². The lowest BCUT2D eigenvalue weighted by atomic mass is 10.2.